The van der Waals surface area contributed by atoms with Crippen LogP contribution < -0.4 is 10.2 Å². The number of rotatable bonds is 4. The van der Waals surface area contributed by atoms with Gasteiger partial charge in [0, 0.05) is 19.3 Å². The van der Waals surface area contributed by atoms with Crippen LogP contribution in [0, 0.1) is 12.8 Å². The largest absolute Gasteiger partial charge is 0.363 e. The van der Waals surface area contributed by atoms with Crippen molar-refractivity contribution in [2.45, 2.75) is 38.5 Å². The van der Waals surface area contributed by atoms with Gasteiger partial charge in [0.05, 0.1) is 24.0 Å². The normalized spacial score (nSPS) is 25.0. The van der Waals surface area contributed by atoms with Crippen molar-refractivity contribution in [2.24, 2.45) is 5.92 Å². The first-order valence-corrected chi connectivity index (χ1v) is 9.07. The zero-order chi connectivity index (χ0) is 17.9. The molecule has 4 rings (SSSR count). The van der Waals surface area contributed by atoms with E-state index in [2.05, 4.69) is 25.4 Å². The van der Waals surface area contributed by atoms with Gasteiger partial charge in [0.1, 0.15) is 6.10 Å². The zero-order valence-electron chi connectivity index (χ0n) is 14.8. The minimum Gasteiger partial charge on any atom is -0.363 e. The molecule has 1 amide bonds. The Kier molecular flexibility index (Phi) is 4.79. The Morgan fingerprint density at radius 2 is 2.23 bits per heavy atom. The van der Waals surface area contributed by atoms with Gasteiger partial charge in [0.15, 0.2) is 5.82 Å². The number of piperidine rings is 1. The lowest BCUT2D eigenvalue weighted by molar-refractivity contribution is -0.132. The average Bonchev–Trinajstić information content (AvgIpc) is 3.11. The molecule has 0 saturated carbocycles. The summed E-state index contributed by atoms with van der Waals surface area (Å²) in [4.78, 5) is 18.9. The number of nitrogens with one attached hydrogen (secondary N) is 1. The summed E-state index contributed by atoms with van der Waals surface area (Å²) in [6, 6.07) is 9.64. The van der Waals surface area contributed by atoms with Crippen molar-refractivity contribution in [2.75, 3.05) is 18.0 Å². The molecule has 0 aliphatic carbocycles. The van der Waals surface area contributed by atoms with Crippen LogP contribution in [0.15, 0.2) is 36.5 Å². The van der Waals surface area contributed by atoms with Crippen LogP contribution in [0.2, 0.25) is 0 Å². The quantitative estimate of drug-likeness (QED) is 0.897. The molecular formula is C19H23N5O2. The highest BCUT2D eigenvalue weighted by atomic mass is 16.5. The second kappa shape index (κ2) is 7.37. The maximum Gasteiger partial charge on any atom is 0.249 e. The van der Waals surface area contributed by atoms with Crippen molar-refractivity contribution < 1.29 is 9.53 Å². The predicted octanol–water partition coefficient (Wildman–Crippen LogP) is 1.48. The molecule has 2 aromatic rings. The van der Waals surface area contributed by atoms with Crippen molar-refractivity contribution in [1.82, 2.24) is 20.5 Å². The standard InChI is InChI=1S/C19H23N5O2/c1-13-5-6-18(23-22-13)24-9-7-14-10-16(26-17(14)12-24)19(25)21-11-15-4-2-3-8-20-15/h2-6,8,14,16-17H,7,9-12H2,1H3,(H,21,25)/t14-,16+,17+/m0/s1. The number of hydrogen-bond acceptors (Lipinski definition) is 6. The van der Waals surface area contributed by atoms with E-state index in [-0.39, 0.29) is 18.1 Å². The number of anilines is 1. The number of hydrogen-bond donors (Lipinski definition) is 1. The summed E-state index contributed by atoms with van der Waals surface area (Å²) in [5.41, 5.74) is 1.76. The molecule has 2 aliphatic rings. The number of aromatic nitrogens is 3. The van der Waals surface area contributed by atoms with E-state index in [0.29, 0.717) is 12.5 Å². The van der Waals surface area contributed by atoms with Gasteiger partial charge in [0.2, 0.25) is 5.91 Å². The van der Waals surface area contributed by atoms with Crippen LogP contribution in [0.3, 0.4) is 0 Å². The van der Waals surface area contributed by atoms with Gasteiger partial charge in [0.25, 0.3) is 0 Å². The van der Waals surface area contributed by atoms with E-state index in [1.54, 1.807) is 6.20 Å². The lowest BCUT2D eigenvalue weighted by Crippen LogP contribution is -2.43. The van der Waals surface area contributed by atoms with Crippen molar-refractivity contribution in [3.63, 3.8) is 0 Å². The Morgan fingerprint density at radius 1 is 1.31 bits per heavy atom. The van der Waals surface area contributed by atoms with Gasteiger partial charge in [-0.15, -0.1) is 5.10 Å². The molecule has 7 nitrogen and oxygen atoms in total. The third-order valence-corrected chi connectivity index (χ3v) is 5.12. The Balaban J connectivity index is 1.32. The summed E-state index contributed by atoms with van der Waals surface area (Å²) in [6.07, 6.45) is 3.20. The topological polar surface area (TPSA) is 80.2 Å². The number of pyridine rings is 1. The van der Waals surface area contributed by atoms with E-state index in [1.165, 1.54) is 0 Å². The number of fused-ring (bicyclic) bond motifs is 1. The number of ether oxygens (including phenoxy) is 1. The molecule has 26 heavy (non-hydrogen) atoms. The third kappa shape index (κ3) is 3.67. The molecular weight excluding hydrogens is 330 g/mol. The van der Waals surface area contributed by atoms with Crippen LogP contribution in [0.4, 0.5) is 5.82 Å². The van der Waals surface area contributed by atoms with Crippen LogP contribution >= 0.6 is 0 Å². The average molecular weight is 353 g/mol. The third-order valence-electron chi connectivity index (χ3n) is 5.12. The molecule has 0 aromatic carbocycles. The smallest absolute Gasteiger partial charge is 0.249 e. The van der Waals surface area contributed by atoms with Gasteiger partial charge in [-0.25, -0.2) is 0 Å². The molecule has 2 aromatic heterocycles. The molecule has 7 heteroatoms. The van der Waals surface area contributed by atoms with Crippen LogP contribution in [-0.4, -0.2) is 46.4 Å². The van der Waals surface area contributed by atoms with Gasteiger partial charge in [-0.05, 0) is 49.9 Å². The summed E-state index contributed by atoms with van der Waals surface area (Å²) < 4.78 is 6.07. The molecule has 136 valence electrons. The first-order chi connectivity index (χ1) is 12.7. The van der Waals surface area contributed by atoms with Crippen LogP contribution in [0.5, 0.6) is 0 Å². The maximum absolute atomic E-state index is 12.5. The molecule has 0 spiro atoms. The van der Waals surface area contributed by atoms with Crippen molar-refractivity contribution in [3.8, 4) is 0 Å². The van der Waals surface area contributed by atoms with Crippen LogP contribution in [-0.2, 0) is 16.1 Å². The minimum atomic E-state index is -0.377. The Bertz CT molecular complexity index is 752. The summed E-state index contributed by atoms with van der Waals surface area (Å²) in [7, 11) is 0. The van der Waals surface area contributed by atoms with Crippen LogP contribution in [0.1, 0.15) is 24.2 Å². The number of nitrogens with zero attached hydrogens (tertiary/aromatic N) is 4. The molecule has 0 unspecified atom stereocenters. The van der Waals surface area contributed by atoms with Gasteiger partial charge >= 0.3 is 0 Å². The molecule has 3 atom stereocenters. The summed E-state index contributed by atoms with van der Waals surface area (Å²) in [5, 5.41) is 11.3. The fraction of sp³-hybridized carbons (Fsp3) is 0.474. The SMILES string of the molecule is Cc1ccc(N2CC[C@H]3C[C@H](C(=O)NCc4ccccn4)O[C@@H]3C2)nn1. The molecule has 2 fully saturated rings. The number of carbonyl (C=O) groups is 1. The predicted molar refractivity (Wildman–Crippen MR) is 96.5 cm³/mol. The van der Waals surface area contributed by atoms with Crippen molar-refractivity contribution in [1.29, 1.82) is 0 Å². The lowest BCUT2D eigenvalue weighted by Gasteiger charge is -2.34. The maximum atomic E-state index is 12.5. The molecule has 4 heterocycles. The highest BCUT2D eigenvalue weighted by Gasteiger charge is 2.42. The lowest BCUT2D eigenvalue weighted by atomic mass is 9.91. The first kappa shape index (κ1) is 16.9. The number of carbonyl (C=O) groups excluding carboxylic acids is 1. The van der Waals surface area contributed by atoms with E-state index in [0.717, 1.165) is 43.1 Å². The summed E-state index contributed by atoms with van der Waals surface area (Å²) in [5.74, 6) is 1.25. The fourth-order valence-electron chi connectivity index (χ4n) is 3.66. The second-order valence-corrected chi connectivity index (χ2v) is 6.97. The number of aryl methyl sites for hydroxylation is 1. The van der Waals surface area contributed by atoms with Gasteiger partial charge < -0.3 is 15.0 Å². The number of amides is 1. The van der Waals surface area contributed by atoms with Crippen molar-refractivity contribution >= 4 is 11.7 Å². The fourth-order valence-corrected chi connectivity index (χ4v) is 3.66. The van der Waals surface area contributed by atoms with Crippen molar-refractivity contribution in [3.05, 3.63) is 47.9 Å². The molecule has 0 bridgehead atoms. The van der Waals surface area contributed by atoms with Gasteiger partial charge in [-0.1, -0.05) is 6.07 Å². The van der Waals surface area contributed by atoms with Crippen LogP contribution in [0.25, 0.3) is 0 Å². The van der Waals surface area contributed by atoms with E-state index in [1.807, 2.05) is 37.3 Å². The van der Waals surface area contributed by atoms with E-state index >= 15 is 0 Å². The Morgan fingerprint density at radius 3 is 3.00 bits per heavy atom. The van der Waals surface area contributed by atoms with E-state index in [4.69, 9.17) is 4.74 Å². The monoisotopic (exact) mass is 353 g/mol. The Labute approximate surface area is 152 Å². The highest BCUT2D eigenvalue weighted by molar-refractivity contribution is 5.81. The minimum absolute atomic E-state index is 0.0493. The van der Waals surface area contributed by atoms with E-state index < -0.39 is 0 Å². The molecule has 0 radical (unpaired) electrons. The first-order valence-electron chi connectivity index (χ1n) is 9.07. The summed E-state index contributed by atoms with van der Waals surface area (Å²) >= 11 is 0. The summed E-state index contributed by atoms with van der Waals surface area (Å²) in [6.45, 7) is 4.04. The molecule has 2 aliphatic heterocycles. The molecule has 1 N–H and O–H groups in total. The highest BCUT2D eigenvalue weighted by Crippen LogP contribution is 2.34. The second-order valence-electron chi connectivity index (χ2n) is 6.97. The zero-order valence-corrected chi connectivity index (χ0v) is 14.8. The Hall–Kier alpha value is -2.54. The van der Waals surface area contributed by atoms with Gasteiger partial charge in [-0.2, -0.15) is 5.10 Å². The molecule has 2 saturated heterocycles. The van der Waals surface area contributed by atoms with E-state index in [9.17, 15) is 4.79 Å². The van der Waals surface area contributed by atoms with Gasteiger partial charge in [-0.3, -0.25) is 9.78 Å².